The van der Waals surface area contributed by atoms with Crippen LogP contribution >= 0.6 is 0 Å². The maximum Gasteiger partial charge on any atom is 0.328 e. The lowest BCUT2D eigenvalue weighted by atomic mass is 10.4. The van der Waals surface area contributed by atoms with E-state index >= 15 is 0 Å². The summed E-state index contributed by atoms with van der Waals surface area (Å²) in [5, 5.41) is 2.40. The van der Waals surface area contributed by atoms with Gasteiger partial charge in [0.15, 0.2) is 0 Å². The average molecular weight is 258 g/mol. The number of pyridine rings is 1. The van der Waals surface area contributed by atoms with Crippen LogP contribution in [0, 0.1) is 0 Å². The molecular weight excluding hydrogens is 244 g/mol. The summed E-state index contributed by atoms with van der Waals surface area (Å²) in [5.41, 5.74) is 5.53. The van der Waals surface area contributed by atoms with Crippen LogP contribution in [0.15, 0.2) is 23.4 Å². The summed E-state index contributed by atoms with van der Waals surface area (Å²) in [5.74, 6) is 0. The van der Waals surface area contributed by atoms with Crippen molar-refractivity contribution in [3.8, 4) is 0 Å². The molecule has 0 aliphatic rings. The van der Waals surface area contributed by atoms with Crippen LogP contribution in [-0.2, 0) is 10.0 Å². The number of carbonyl (C=O) groups excluding carboxylic acids is 1. The third-order valence-corrected chi connectivity index (χ3v) is 3.13. The number of nitrogens with one attached hydrogen (secondary N) is 2. The highest BCUT2D eigenvalue weighted by Gasteiger charge is 2.20. The fourth-order valence-electron chi connectivity index (χ4n) is 1.08. The van der Waals surface area contributed by atoms with Crippen molar-refractivity contribution >= 4 is 21.7 Å². The van der Waals surface area contributed by atoms with Gasteiger partial charge in [-0.2, -0.15) is 0 Å². The van der Waals surface area contributed by atoms with Gasteiger partial charge in [0.1, 0.15) is 4.90 Å². The van der Waals surface area contributed by atoms with E-state index in [4.69, 9.17) is 5.73 Å². The van der Waals surface area contributed by atoms with Gasteiger partial charge in [0, 0.05) is 18.4 Å². The molecule has 0 unspecified atom stereocenters. The van der Waals surface area contributed by atoms with Gasteiger partial charge in [-0.3, -0.25) is 4.98 Å². The number of carbonyl (C=O) groups is 1. The molecule has 0 aromatic carbocycles. The van der Waals surface area contributed by atoms with Crippen LogP contribution in [0.3, 0.4) is 0 Å². The molecule has 17 heavy (non-hydrogen) atoms. The third-order valence-electron chi connectivity index (χ3n) is 1.75. The summed E-state index contributed by atoms with van der Waals surface area (Å²) in [7, 11) is -3.99. The van der Waals surface area contributed by atoms with E-state index in [0.717, 1.165) is 6.20 Å². The molecule has 94 valence electrons. The van der Waals surface area contributed by atoms with Crippen molar-refractivity contribution < 1.29 is 13.2 Å². The van der Waals surface area contributed by atoms with Crippen molar-refractivity contribution in [2.24, 2.45) is 0 Å². The zero-order valence-corrected chi connectivity index (χ0v) is 10.3. The molecule has 0 spiro atoms. The summed E-state index contributed by atoms with van der Waals surface area (Å²) in [6.45, 7) is 3.43. The minimum Gasteiger partial charge on any atom is -0.398 e. The largest absolute Gasteiger partial charge is 0.398 e. The Morgan fingerprint density at radius 1 is 1.47 bits per heavy atom. The molecule has 0 aliphatic carbocycles. The highest BCUT2D eigenvalue weighted by molar-refractivity contribution is 7.90. The van der Waals surface area contributed by atoms with E-state index in [-0.39, 0.29) is 16.6 Å². The zero-order valence-electron chi connectivity index (χ0n) is 9.47. The fraction of sp³-hybridized carbons (Fsp3) is 0.333. The van der Waals surface area contributed by atoms with E-state index in [2.05, 4.69) is 10.3 Å². The Balaban J connectivity index is 2.91. The quantitative estimate of drug-likeness (QED) is 0.709. The molecule has 1 heterocycles. The first-order valence-corrected chi connectivity index (χ1v) is 6.34. The molecule has 0 radical (unpaired) electrons. The smallest absolute Gasteiger partial charge is 0.328 e. The molecule has 0 fully saturated rings. The number of hydrogen-bond acceptors (Lipinski definition) is 5. The van der Waals surface area contributed by atoms with E-state index in [0.29, 0.717) is 0 Å². The first kappa shape index (κ1) is 13.2. The molecule has 0 bridgehead atoms. The number of nitrogens with two attached hydrogens (primary N) is 1. The van der Waals surface area contributed by atoms with Gasteiger partial charge in [-0.1, -0.05) is 0 Å². The zero-order chi connectivity index (χ0) is 13.1. The number of urea groups is 1. The molecule has 2 amide bonds. The number of nitrogens with zero attached hydrogens (tertiary/aromatic N) is 1. The number of nitrogen functional groups attached to an aromatic ring is 1. The standard InChI is InChI=1S/C9H14N4O3S/c1-6(2)12-9(14)13-17(15,16)8-5-11-4-3-7(8)10/h3-6H,1-2H3,(H2,10,11)(H2,12,13,14). The molecule has 1 rings (SSSR count). The minimum atomic E-state index is -3.99. The second-order valence-corrected chi connectivity index (χ2v) is 5.30. The molecule has 0 atom stereocenters. The van der Waals surface area contributed by atoms with Gasteiger partial charge in [-0.25, -0.2) is 17.9 Å². The Morgan fingerprint density at radius 3 is 2.65 bits per heavy atom. The predicted molar refractivity (Wildman–Crippen MR) is 62.6 cm³/mol. The van der Waals surface area contributed by atoms with Gasteiger partial charge in [0.05, 0.1) is 5.69 Å². The van der Waals surface area contributed by atoms with Gasteiger partial charge < -0.3 is 11.1 Å². The Hall–Kier alpha value is -1.83. The second kappa shape index (κ2) is 5.00. The SMILES string of the molecule is CC(C)NC(=O)NS(=O)(=O)c1cnccc1N. The number of amides is 2. The van der Waals surface area contributed by atoms with E-state index in [1.807, 2.05) is 4.72 Å². The number of sulfonamides is 1. The van der Waals surface area contributed by atoms with E-state index in [1.165, 1.54) is 12.3 Å². The van der Waals surface area contributed by atoms with Crippen molar-refractivity contribution in [3.05, 3.63) is 18.5 Å². The van der Waals surface area contributed by atoms with Crippen LogP contribution in [0.4, 0.5) is 10.5 Å². The summed E-state index contributed by atoms with van der Waals surface area (Å²) in [4.78, 5) is 14.7. The van der Waals surface area contributed by atoms with Gasteiger partial charge >= 0.3 is 6.03 Å². The van der Waals surface area contributed by atoms with Gasteiger partial charge in [-0.05, 0) is 19.9 Å². The van der Waals surface area contributed by atoms with Crippen molar-refractivity contribution in [3.63, 3.8) is 0 Å². The van der Waals surface area contributed by atoms with Crippen LogP contribution in [0.5, 0.6) is 0 Å². The summed E-state index contributed by atoms with van der Waals surface area (Å²) >= 11 is 0. The summed E-state index contributed by atoms with van der Waals surface area (Å²) in [6.07, 6.45) is 2.45. The predicted octanol–water partition coefficient (Wildman–Crippen LogP) is 0.0601. The highest BCUT2D eigenvalue weighted by atomic mass is 32.2. The topological polar surface area (TPSA) is 114 Å². The Kier molecular flexibility index (Phi) is 3.89. The highest BCUT2D eigenvalue weighted by Crippen LogP contribution is 2.14. The maximum absolute atomic E-state index is 11.8. The van der Waals surface area contributed by atoms with Gasteiger partial charge in [-0.15, -0.1) is 0 Å². The van der Waals surface area contributed by atoms with Gasteiger partial charge in [0.2, 0.25) is 0 Å². The lowest BCUT2D eigenvalue weighted by Gasteiger charge is -2.11. The molecule has 7 nitrogen and oxygen atoms in total. The molecule has 4 N–H and O–H groups in total. The molecule has 1 aromatic rings. The summed E-state index contributed by atoms with van der Waals surface area (Å²) < 4.78 is 25.4. The van der Waals surface area contributed by atoms with Crippen molar-refractivity contribution in [2.75, 3.05) is 5.73 Å². The van der Waals surface area contributed by atoms with Crippen LogP contribution in [0.2, 0.25) is 0 Å². The lowest BCUT2D eigenvalue weighted by Crippen LogP contribution is -2.42. The minimum absolute atomic E-state index is 0.0323. The molecule has 1 aromatic heterocycles. The number of hydrogen-bond donors (Lipinski definition) is 3. The van der Waals surface area contributed by atoms with Crippen molar-refractivity contribution in [1.29, 1.82) is 0 Å². The third kappa shape index (κ3) is 3.59. The molecule has 8 heteroatoms. The number of anilines is 1. The second-order valence-electron chi connectivity index (χ2n) is 3.65. The van der Waals surface area contributed by atoms with E-state index in [1.54, 1.807) is 13.8 Å². The normalized spacial score (nSPS) is 11.2. The first-order valence-electron chi connectivity index (χ1n) is 4.85. The van der Waals surface area contributed by atoms with Crippen molar-refractivity contribution in [2.45, 2.75) is 24.8 Å². The molecular formula is C9H14N4O3S. The lowest BCUT2D eigenvalue weighted by molar-refractivity contribution is 0.243. The average Bonchev–Trinajstić information content (AvgIpc) is 2.15. The number of rotatable bonds is 3. The Morgan fingerprint density at radius 2 is 2.12 bits per heavy atom. The van der Waals surface area contributed by atoms with Crippen LogP contribution in [-0.4, -0.2) is 25.5 Å². The maximum atomic E-state index is 11.8. The molecule has 0 aliphatic heterocycles. The van der Waals surface area contributed by atoms with Crippen LogP contribution in [0.1, 0.15) is 13.8 Å². The Bertz CT molecular complexity index is 513. The fourth-order valence-corrected chi connectivity index (χ4v) is 2.07. The van der Waals surface area contributed by atoms with Crippen molar-refractivity contribution in [1.82, 2.24) is 15.0 Å². The van der Waals surface area contributed by atoms with E-state index < -0.39 is 16.1 Å². The Labute approximate surface area is 99.5 Å². The molecule has 0 saturated heterocycles. The van der Waals surface area contributed by atoms with Crippen LogP contribution < -0.4 is 15.8 Å². The first-order chi connectivity index (χ1) is 7.83. The number of aromatic nitrogens is 1. The molecule has 0 saturated carbocycles. The monoisotopic (exact) mass is 258 g/mol. The summed E-state index contributed by atoms with van der Waals surface area (Å²) in [6, 6.07) is 0.370. The van der Waals surface area contributed by atoms with Crippen LogP contribution in [0.25, 0.3) is 0 Å². The van der Waals surface area contributed by atoms with E-state index in [9.17, 15) is 13.2 Å². The van der Waals surface area contributed by atoms with Gasteiger partial charge in [0.25, 0.3) is 10.0 Å².